The van der Waals surface area contributed by atoms with Crippen molar-refractivity contribution in [3.05, 3.63) is 40.7 Å². The van der Waals surface area contributed by atoms with Crippen LogP contribution in [0.25, 0.3) is 0 Å². The molecule has 0 spiro atoms. The number of carbonyl (C=O) groups is 2. The van der Waals surface area contributed by atoms with Crippen LogP contribution in [0.5, 0.6) is 0 Å². The molecule has 2 rings (SSSR count). The molecule has 0 saturated carbocycles. The van der Waals surface area contributed by atoms with Crippen LogP contribution >= 0.6 is 11.3 Å². The Hall–Kier alpha value is -2.08. The Morgan fingerprint density at radius 3 is 2.82 bits per heavy atom. The van der Waals surface area contributed by atoms with E-state index in [1.165, 1.54) is 12.3 Å². The fraction of sp³-hybridized carbons (Fsp3) is 0.0909. The largest absolute Gasteiger partial charge is 0.478 e. The molecule has 6 heteroatoms. The molecule has 0 bridgehead atoms. The van der Waals surface area contributed by atoms with Crippen LogP contribution in [-0.2, 0) is 0 Å². The van der Waals surface area contributed by atoms with Crippen molar-refractivity contribution < 1.29 is 19.1 Å². The first-order valence-corrected chi connectivity index (χ1v) is 5.63. The molecule has 0 saturated heterocycles. The van der Waals surface area contributed by atoms with Gasteiger partial charge in [0.2, 0.25) is 0 Å². The van der Waals surface area contributed by atoms with Gasteiger partial charge in [-0.15, -0.1) is 11.3 Å². The van der Waals surface area contributed by atoms with E-state index >= 15 is 0 Å². The van der Waals surface area contributed by atoms with Gasteiger partial charge >= 0.3 is 5.97 Å². The van der Waals surface area contributed by atoms with E-state index < -0.39 is 5.97 Å². The SMILES string of the molecule is Cc1cc(C(=O)Nc2sccc2C(=O)O)co1. The van der Waals surface area contributed by atoms with Gasteiger partial charge in [0.25, 0.3) is 5.91 Å². The van der Waals surface area contributed by atoms with E-state index in [2.05, 4.69) is 5.32 Å². The molecule has 0 radical (unpaired) electrons. The van der Waals surface area contributed by atoms with Gasteiger partial charge < -0.3 is 14.8 Å². The fourth-order valence-electron chi connectivity index (χ4n) is 1.31. The third kappa shape index (κ3) is 2.36. The Kier molecular flexibility index (Phi) is 2.97. The average Bonchev–Trinajstić information content (AvgIpc) is 2.86. The van der Waals surface area contributed by atoms with E-state index in [1.54, 1.807) is 18.4 Å². The number of rotatable bonds is 3. The molecule has 17 heavy (non-hydrogen) atoms. The van der Waals surface area contributed by atoms with E-state index in [0.717, 1.165) is 11.3 Å². The van der Waals surface area contributed by atoms with Crippen molar-refractivity contribution in [3.8, 4) is 0 Å². The third-order valence-corrected chi connectivity index (χ3v) is 2.95. The number of aryl methyl sites for hydroxylation is 1. The predicted molar refractivity (Wildman–Crippen MR) is 62.7 cm³/mol. The Morgan fingerprint density at radius 1 is 1.47 bits per heavy atom. The number of hydrogen-bond acceptors (Lipinski definition) is 4. The smallest absolute Gasteiger partial charge is 0.338 e. The second kappa shape index (κ2) is 4.42. The Morgan fingerprint density at radius 2 is 2.24 bits per heavy atom. The lowest BCUT2D eigenvalue weighted by Crippen LogP contribution is -2.12. The highest BCUT2D eigenvalue weighted by atomic mass is 32.1. The number of aromatic carboxylic acids is 1. The number of nitrogens with one attached hydrogen (secondary N) is 1. The van der Waals surface area contributed by atoms with Gasteiger partial charge in [0.1, 0.15) is 17.0 Å². The van der Waals surface area contributed by atoms with Crippen LogP contribution in [-0.4, -0.2) is 17.0 Å². The van der Waals surface area contributed by atoms with Gasteiger partial charge in [-0.2, -0.15) is 0 Å². The van der Waals surface area contributed by atoms with Crippen molar-refractivity contribution in [2.45, 2.75) is 6.92 Å². The summed E-state index contributed by atoms with van der Waals surface area (Å²) in [7, 11) is 0. The average molecular weight is 251 g/mol. The van der Waals surface area contributed by atoms with Crippen LogP contribution in [0.1, 0.15) is 26.5 Å². The summed E-state index contributed by atoms with van der Waals surface area (Å²) in [5.74, 6) is -0.823. The maximum atomic E-state index is 11.7. The summed E-state index contributed by atoms with van der Waals surface area (Å²) < 4.78 is 5.01. The Labute approximate surface area is 101 Å². The lowest BCUT2D eigenvalue weighted by atomic mass is 10.3. The highest BCUT2D eigenvalue weighted by Crippen LogP contribution is 2.24. The first-order valence-electron chi connectivity index (χ1n) is 4.75. The topological polar surface area (TPSA) is 79.5 Å². The zero-order valence-corrected chi connectivity index (χ0v) is 9.71. The molecule has 0 aliphatic rings. The van der Waals surface area contributed by atoms with Crippen LogP contribution in [0, 0.1) is 6.92 Å². The summed E-state index contributed by atoms with van der Waals surface area (Å²) in [5.41, 5.74) is 0.454. The molecule has 0 aliphatic carbocycles. The second-order valence-corrected chi connectivity index (χ2v) is 4.28. The van der Waals surface area contributed by atoms with Crippen LogP contribution < -0.4 is 5.32 Å². The second-order valence-electron chi connectivity index (χ2n) is 3.37. The van der Waals surface area contributed by atoms with Crippen LogP contribution in [0.2, 0.25) is 0 Å². The van der Waals surface area contributed by atoms with E-state index in [0.29, 0.717) is 16.3 Å². The summed E-state index contributed by atoms with van der Waals surface area (Å²) in [5, 5.41) is 13.4. The van der Waals surface area contributed by atoms with Gasteiger partial charge in [0, 0.05) is 0 Å². The van der Waals surface area contributed by atoms with Gasteiger partial charge in [-0.1, -0.05) is 0 Å². The van der Waals surface area contributed by atoms with Crippen LogP contribution in [0.15, 0.2) is 28.2 Å². The molecule has 0 fully saturated rings. The standard InChI is InChI=1S/C11H9NO4S/c1-6-4-7(5-16-6)9(13)12-10-8(11(14)15)2-3-17-10/h2-5H,1H3,(H,12,13)(H,14,15). The molecule has 2 aromatic rings. The van der Waals surface area contributed by atoms with Crippen molar-refractivity contribution in [1.29, 1.82) is 0 Å². The monoisotopic (exact) mass is 251 g/mol. The van der Waals surface area contributed by atoms with Crippen molar-refractivity contribution in [3.63, 3.8) is 0 Å². The van der Waals surface area contributed by atoms with Crippen molar-refractivity contribution in [2.75, 3.05) is 5.32 Å². The zero-order valence-electron chi connectivity index (χ0n) is 8.89. The van der Waals surface area contributed by atoms with E-state index in [4.69, 9.17) is 9.52 Å². The number of furan rings is 1. The zero-order chi connectivity index (χ0) is 12.4. The van der Waals surface area contributed by atoms with Gasteiger partial charge in [-0.25, -0.2) is 4.79 Å². The molecule has 0 atom stereocenters. The van der Waals surface area contributed by atoms with Crippen LogP contribution in [0.3, 0.4) is 0 Å². The molecule has 2 heterocycles. The van der Waals surface area contributed by atoms with Crippen molar-refractivity contribution >= 4 is 28.2 Å². The third-order valence-electron chi connectivity index (χ3n) is 2.12. The maximum Gasteiger partial charge on any atom is 0.338 e. The van der Waals surface area contributed by atoms with E-state index in [-0.39, 0.29) is 11.5 Å². The minimum Gasteiger partial charge on any atom is -0.478 e. The van der Waals surface area contributed by atoms with Gasteiger partial charge in [-0.05, 0) is 24.4 Å². The molecule has 0 aromatic carbocycles. The number of carboxylic acids is 1. The molecule has 0 aliphatic heterocycles. The molecule has 2 N–H and O–H groups in total. The Bertz CT molecular complexity index is 570. The first-order chi connectivity index (χ1) is 8.08. The van der Waals surface area contributed by atoms with Gasteiger partial charge in [0.15, 0.2) is 0 Å². The molecule has 2 aromatic heterocycles. The lowest BCUT2D eigenvalue weighted by Gasteiger charge is -2.01. The minimum atomic E-state index is -1.06. The van der Waals surface area contributed by atoms with E-state index in [1.807, 2.05) is 0 Å². The summed E-state index contributed by atoms with van der Waals surface area (Å²) in [6.07, 6.45) is 1.33. The highest BCUT2D eigenvalue weighted by molar-refractivity contribution is 7.14. The maximum absolute atomic E-state index is 11.7. The quantitative estimate of drug-likeness (QED) is 0.878. The number of thiophene rings is 1. The normalized spacial score (nSPS) is 10.2. The fourth-order valence-corrected chi connectivity index (χ4v) is 2.09. The summed E-state index contributed by atoms with van der Waals surface area (Å²) in [6.45, 7) is 1.73. The lowest BCUT2D eigenvalue weighted by molar-refractivity contribution is 0.0698. The van der Waals surface area contributed by atoms with Gasteiger partial charge in [-0.3, -0.25) is 4.79 Å². The molecule has 5 nitrogen and oxygen atoms in total. The van der Waals surface area contributed by atoms with Crippen molar-refractivity contribution in [2.24, 2.45) is 0 Å². The number of hydrogen-bond donors (Lipinski definition) is 2. The van der Waals surface area contributed by atoms with Crippen LogP contribution in [0.4, 0.5) is 5.00 Å². The number of amides is 1. The van der Waals surface area contributed by atoms with Crippen molar-refractivity contribution in [1.82, 2.24) is 0 Å². The summed E-state index contributed by atoms with van der Waals surface area (Å²) in [4.78, 5) is 22.6. The summed E-state index contributed by atoms with van der Waals surface area (Å²) >= 11 is 1.16. The molecular weight excluding hydrogens is 242 g/mol. The van der Waals surface area contributed by atoms with E-state index in [9.17, 15) is 9.59 Å². The highest BCUT2D eigenvalue weighted by Gasteiger charge is 2.15. The number of anilines is 1. The molecule has 88 valence electrons. The number of carboxylic acid groups (broad SMARTS) is 1. The summed E-state index contributed by atoms with van der Waals surface area (Å²) in [6, 6.07) is 3.03. The Balaban J connectivity index is 2.18. The predicted octanol–water partition coefficient (Wildman–Crippen LogP) is 2.60. The minimum absolute atomic E-state index is 0.0866. The molecule has 0 unspecified atom stereocenters. The number of carbonyl (C=O) groups excluding carboxylic acids is 1. The van der Waals surface area contributed by atoms with Gasteiger partial charge in [0.05, 0.1) is 11.1 Å². The molecular formula is C11H9NO4S. The molecule has 1 amide bonds. The first kappa shape index (κ1) is 11.4.